The number of aliphatic hydroxyl groups excluding tert-OH is 2. The second kappa shape index (κ2) is 37.1. The maximum Gasteiger partial charge on any atom is 0.306 e. The maximum atomic E-state index is 12.7. The molecule has 0 spiro atoms. The number of carbonyl (C=O) groups is 2. The van der Waals surface area contributed by atoms with Gasteiger partial charge in [0.25, 0.3) is 0 Å². The lowest BCUT2D eigenvalue weighted by Gasteiger charge is -2.25. The van der Waals surface area contributed by atoms with E-state index in [1.54, 1.807) is 0 Å². The molecular weight excluding hydrogens is 602 g/mol. The van der Waals surface area contributed by atoms with Crippen molar-refractivity contribution in [1.29, 1.82) is 0 Å². The molecule has 0 bridgehead atoms. The molecule has 0 aromatic rings. The summed E-state index contributed by atoms with van der Waals surface area (Å²) in [5, 5.41) is 20.1. The molecule has 0 aliphatic heterocycles. The standard InChI is InChI=1S/C41H81NO6/c1-4-7-10-13-15-21-29-39(30-22-16-14-11-8-5-2)48-41(46)32-23-18-20-28-38(44)37-42(34-27-35-43)33-25-19-24-31-40(45)47-36-26-17-12-9-6-3/h38-39,43-44H,4-37H2,1-3H3. The molecule has 7 heteroatoms. The summed E-state index contributed by atoms with van der Waals surface area (Å²) in [7, 11) is 0. The largest absolute Gasteiger partial charge is 0.466 e. The van der Waals surface area contributed by atoms with Crippen molar-refractivity contribution in [3.63, 3.8) is 0 Å². The van der Waals surface area contributed by atoms with E-state index in [0.29, 0.717) is 38.8 Å². The van der Waals surface area contributed by atoms with Gasteiger partial charge in [0.05, 0.1) is 12.7 Å². The summed E-state index contributed by atoms with van der Waals surface area (Å²) in [4.78, 5) is 26.9. The van der Waals surface area contributed by atoms with Crippen LogP contribution in [0.15, 0.2) is 0 Å². The second-order valence-electron chi connectivity index (χ2n) is 14.3. The number of ether oxygens (including phenoxy) is 2. The van der Waals surface area contributed by atoms with Crippen molar-refractivity contribution in [3.05, 3.63) is 0 Å². The molecule has 0 rings (SSSR count). The first-order valence-corrected chi connectivity index (χ1v) is 20.8. The van der Waals surface area contributed by atoms with Gasteiger partial charge in [-0.1, -0.05) is 130 Å². The fraction of sp³-hybridized carbons (Fsp3) is 0.951. The fourth-order valence-corrected chi connectivity index (χ4v) is 6.36. The smallest absolute Gasteiger partial charge is 0.306 e. The molecule has 0 aromatic carbocycles. The zero-order chi connectivity index (χ0) is 35.3. The molecule has 0 aliphatic rings. The van der Waals surface area contributed by atoms with E-state index in [0.717, 1.165) is 90.1 Å². The minimum atomic E-state index is -0.415. The van der Waals surface area contributed by atoms with Crippen LogP contribution in [0.2, 0.25) is 0 Å². The summed E-state index contributed by atoms with van der Waals surface area (Å²) in [6, 6.07) is 0. The lowest BCUT2D eigenvalue weighted by molar-refractivity contribution is -0.150. The predicted molar refractivity (Wildman–Crippen MR) is 201 cm³/mol. The second-order valence-corrected chi connectivity index (χ2v) is 14.3. The van der Waals surface area contributed by atoms with Gasteiger partial charge in [0.15, 0.2) is 0 Å². The fourth-order valence-electron chi connectivity index (χ4n) is 6.36. The average Bonchev–Trinajstić information content (AvgIpc) is 3.07. The van der Waals surface area contributed by atoms with Crippen LogP contribution in [0.25, 0.3) is 0 Å². The van der Waals surface area contributed by atoms with Crippen LogP contribution in [0.5, 0.6) is 0 Å². The Labute approximate surface area is 297 Å². The first-order chi connectivity index (χ1) is 23.5. The van der Waals surface area contributed by atoms with E-state index in [1.807, 2.05) is 0 Å². The van der Waals surface area contributed by atoms with E-state index in [-0.39, 0.29) is 24.6 Å². The van der Waals surface area contributed by atoms with E-state index in [9.17, 15) is 19.8 Å². The van der Waals surface area contributed by atoms with Gasteiger partial charge in [0.1, 0.15) is 6.10 Å². The molecule has 0 aliphatic carbocycles. The van der Waals surface area contributed by atoms with Crippen molar-refractivity contribution in [1.82, 2.24) is 4.90 Å². The van der Waals surface area contributed by atoms with Gasteiger partial charge in [-0.3, -0.25) is 9.59 Å². The normalized spacial score (nSPS) is 12.2. The van der Waals surface area contributed by atoms with Gasteiger partial charge < -0.3 is 24.6 Å². The van der Waals surface area contributed by atoms with Gasteiger partial charge in [-0.2, -0.15) is 0 Å². The van der Waals surface area contributed by atoms with Crippen molar-refractivity contribution >= 4 is 11.9 Å². The monoisotopic (exact) mass is 684 g/mol. The molecular formula is C41H81NO6. The summed E-state index contributed by atoms with van der Waals surface area (Å²) in [6.07, 6.45) is 30.2. The Morgan fingerprint density at radius 1 is 0.542 bits per heavy atom. The number of aliphatic hydroxyl groups is 2. The summed E-state index contributed by atoms with van der Waals surface area (Å²) in [5.41, 5.74) is 0. The molecule has 0 heterocycles. The molecule has 1 unspecified atom stereocenters. The maximum absolute atomic E-state index is 12.7. The summed E-state index contributed by atoms with van der Waals surface area (Å²) >= 11 is 0. The van der Waals surface area contributed by atoms with Gasteiger partial charge in [-0.15, -0.1) is 0 Å². The zero-order valence-corrected chi connectivity index (χ0v) is 32.2. The van der Waals surface area contributed by atoms with Crippen molar-refractivity contribution in [2.24, 2.45) is 0 Å². The van der Waals surface area contributed by atoms with Crippen molar-refractivity contribution in [3.8, 4) is 0 Å². The molecule has 0 aromatic heterocycles. The van der Waals surface area contributed by atoms with Gasteiger partial charge in [0.2, 0.25) is 0 Å². The van der Waals surface area contributed by atoms with Crippen LogP contribution in [-0.2, 0) is 19.1 Å². The Morgan fingerprint density at radius 3 is 1.58 bits per heavy atom. The number of hydrogen-bond acceptors (Lipinski definition) is 7. The number of carbonyl (C=O) groups excluding carboxylic acids is 2. The van der Waals surface area contributed by atoms with E-state index >= 15 is 0 Å². The third kappa shape index (κ3) is 33.3. The Morgan fingerprint density at radius 2 is 1.00 bits per heavy atom. The molecule has 286 valence electrons. The Kier molecular flexibility index (Phi) is 36.2. The molecule has 48 heavy (non-hydrogen) atoms. The molecule has 0 fully saturated rings. The highest BCUT2D eigenvalue weighted by molar-refractivity contribution is 5.69. The highest BCUT2D eigenvalue weighted by atomic mass is 16.5. The highest BCUT2D eigenvalue weighted by Crippen LogP contribution is 2.18. The Balaban J connectivity index is 4.23. The van der Waals surface area contributed by atoms with Gasteiger partial charge in [0, 0.05) is 32.5 Å². The first-order valence-electron chi connectivity index (χ1n) is 20.8. The minimum Gasteiger partial charge on any atom is -0.466 e. The number of hydrogen-bond donors (Lipinski definition) is 2. The van der Waals surface area contributed by atoms with Gasteiger partial charge in [-0.25, -0.2) is 0 Å². The molecule has 0 saturated carbocycles. The van der Waals surface area contributed by atoms with Crippen LogP contribution >= 0.6 is 0 Å². The number of rotatable bonds is 38. The third-order valence-electron chi connectivity index (χ3n) is 9.44. The minimum absolute atomic E-state index is 0.0524. The van der Waals surface area contributed by atoms with Crippen LogP contribution in [-0.4, -0.2) is 72.1 Å². The molecule has 0 saturated heterocycles. The number of unbranched alkanes of at least 4 members (excludes halogenated alkanes) is 18. The third-order valence-corrected chi connectivity index (χ3v) is 9.44. The van der Waals surface area contributed by atoms with Crippen LogP contribution in [0.4, 0.5) is 0 Å². The molecule has 1 atom stereocenters. The number of nitrogens with zero attached hydrogens (tertiary/aromatic N) is 1. The average molecular weight is 684 g/mol. The summed E-state index contributed by atoms with van der Waals surface area (Å²) in [5.74, 6) is -0.143. The van der Waals surface area contributed by atoms with E-state index < -0.39 is 6.10 Å². The van der Waals surface area contributed by atoms with Crippen molar-refractivity contribution < 1.29 is 29.3 Å². The molecule has 2 N–H and O–H groups in total. The molecule has 7 nitrogen and oxygen atoms in total. The Hall–Kier alpha value is -1.18. The Bertz CT molecular complexity index is 674. The van der Waals surface area contributed by atoms with Crippen molar-refractivity contribution in [2.75, 3.05) is 32.8 Å². The van der Waals surface area contributed by atoms with Gasteiger partial charge >= 0.3 is 11.9 Å². The van der Waals surface area contributed by atoms with E-state index in [4.69, 9.17) is 9.47 Å². The zero-order valence-electron chi connectivity index (χ0n) is 32.2. The van der Waals surface area contributed by atoms with Crippen LogP contribution in [0, 0.1) is 0 Å². The van der Waals surface area contributed by atoms with Crippen LogP contribution in [0.3, 0.4) is 0 Å². The van der Waals surface area contributed by atoms with Gasteiger partial charge in [-0.05, 0) is 70.8 Å². The number of esters is 2. The SMILES string of the molecule is CCCCCCCCC(CCCCCCCC)OC(=O)CCCCCC(O)CN(CCCO)CCCCCC(=O)OCCCCCCC. The quantitative estimate of drug-likeness (QED) is 0.0494. The lowest BCUT2D eigenvalue weighted by atomic mass is 10.0. The summed E-state index contributed by atoms with van der Waals surface area (Å²) < 4.78 is 11.3. The van der Waals surface area contributed by atoms with E-state index in [1.165, 1.54) is 83.5 Å². The van der Waals surface area contributed by atoms with E-state index in [2.05, 4.69) is 25.7 Å². The van der Waals surface area contributed by atoms with Crippen LogP contribution in [0.1, 0.15) is 207 Å². The first kappa shape index (κ1) is 46.8. The lowest BCUT2D eigenvalue weighted by Crippen LogP contribution is -2.34. The predicted octanol–water partition coefficient (Wildman–Crippen LogP) is 10.5. The molecule has 0 radical (unpaired) electrons. The highest BCUT2D eigenvalue weighted by Gasteiger charge is 2.15. The van der Waals surface area contributed by atoms with Crippen LogP contribution < -0.4 is 0 Å². The summed E-state index contributed by atoms with van der Waals surface area (Å²) in [6.45, 7) is 9.59. The molecule has 0 amide bonds. The topological polar surface area (TPSA) is 96.3 Å². The van der Waals surface area contributed by atoms with Crippen molar-refractivity contribution in [2.45, 2.75) is 219 Å².